The largest absolute Gasteiger partial charge is 0.416 e. The zero-order valence-corrected chi connectivity index (χ0v) is 17.5. The SMILES string of the molecule is O=C(Nc1cccc(C(F)(F)F)c1)NC1CC2(C1)CN(C(=O)c1ncnc3sccc13)C2. The van der Waals surface area contributed by atoms with Crippen LogP contribution in [0, 0.1) is 5.41 Å². The molecule has 2 aliphatic rings. The number of nitrogens with one attached hydrogen (secondary N) is 2. The number of aromatic nitrogens is 2. The summed E-state index contributed by atoms with van der Waals surface area (Å²) in [7, 11) is 0. The van der Waals surface area contributed by atoms with Gasteiger partial charge in [-0.3, -0.25) is 4.79 Å². The normalized spacial score (nSPS) is 17.7. The predicted molar refractivity (Wildman–Crippen MR) is 112 cm³/mol. The first-order valence-electron chi connectivity index (χ1n) is 9.95. The molecular weight excluding hydrogens is 443 g/mol. The number of nitrogens with zero attached hydrogens (tertiary/aromatic N) is 3. The van der Waals surface area contributed by atoms with E-state index in [-0.39, 0.29) is 23.1 Å². The number of carbonyl (C=O) groups is 2. The molecule has 2 aromatic heterocycles. The molecule has 11 heteroatoms. The molecule has 1 spiro atoms. The lowest BCUT2D eigenvalue weighted by molar-refractivity contribution is -0.137. The molecule has 0 radical (unpaired) electrons. The first-order valence-corrected chi connectivity index (χ1v) is 10.8. The summed E-state index contributed by atoms with van der Waals surface area (Å²) in [6, 6.07) is 5.72. The Morgan fingerprint density at radius 3 is 2.69 bits per heavy atom. The summed E-state index contributed by atoms with van der Waals surface area (Å²) in [5, 5.41) is 7.87. The van der Waals surface area contributed by atoms with Gasteiger partial charge >= 0.3 is 12.2 Å². The lowest BCUT2D eigenvalue weighted by atomic mass is 9.60. The number of benzene rings is 1. The number of urea groups is 1. The maximum atomic E-state index is 12.8. The van der Waals surface area contributed by atoms with Crippen LogP contribution < -0.4 is 10.6 Å². The van der Waals surface area contributed by atoms with Gasteiger partial charge in [0.1, 0.15) is 16.9 Å². The first-order chi connectivity index (χ1) is 15.2. The van der Waals surface area contributed by atoms with Crippen LogP contribution >= 0.6 is 11.3 Å². The Bertz CT molecular complexity index is 1200. The van der Waals surface area contributed by atoms with E-state index < -0.39 is 17.8 Å². The Balaban J connectivity index is 1.12. The molecule has 2 fully saturated rings. The molecule has 5 rings (SSSR count). The zero-order valence-electron chi connectivity index (χ0n) is 16.6. The number of thiophene rings is 1. The molecule has 0 atom stereocenters. The summed E-state index contributed by atoms with van der Waals surface area (Å²) < 4.78 is 38.4. The van der Waals surface area contributed by atoms with E-state index in [1.54, 1.807) is 4.90 Å². The Morgan fingerprint density at radius 2 is 1.94 bits per heavy atom. The molecule has 3 amide bonds. The summed E-state index contributed by atoms with van der Waals surface area (Å²) in [6.07, 6.45) is -1.65. The van der Waals surface area contributed by atoms with E-state index in [0.29, 0.717) is 31.6 Å². The Hall–Kier alpha value is -3.21. The minimum atomic E-state index is -4.47. The topological polar surface area (TPSA) is 87.2 Å². The van der Waals surface area contributed by atoms with E-state index in [2.05, 4.69) is 20.6 Å². The lowest BCUT2D eigenvalue weighted by Crippen LogP contribution is -2.67. The lowest BCUT2D eigenvalue weighted by Gasteiger charge is -2.58. The van der Waals surface area contributed by atoms with Crippen molar-refractivity contribution in [3.8, 4) is 0 Å². The van der Waals surface area contributed by atoms with Crippen LogP contribution in [0.1, 0.15) is 28.9 Å². The van der Waals surface area contributed by atoms with Crippen LogP contribution in [0.15, 0.2) is 42.0 Å². The minimum absolute atomic E-state index is 0.0232. The number of fused-ring (bicyclic) bond motifs is 1. The van der Waals surface area contributed by atoms with Crippen molar-refractivity contribution in [2.24, 2.45) is 5.41 Å². The van der Waals surface area contributed by atoms with E-state index in [1.807, 2.05) is 11.4 Å². The zero-order chi connectivity index (χ0) is 22.5. The maximum absolute atomic E-state index is 12.8. The van der Waals surface area contributed by atoms with Gasteiger partial charge in [0.05, 0.1) is 5.56 Å². The second-order valence-corrected chi connectivity index (χ2v) is 9.20. The summed E-state index contributed by atoms with van der Waals surface area (Å²) in [5.74, 6) is -0.125. The Labute approximate surface area is 184 Å². The highest BCUT2D eigenvalue weighted by atomic mass is 32.1. The summed E-state index contributed by atoms with van der Waals surface area (Å²) in [5.41, 5.74) is -0.359. The Morgan fingerprint density at radius 1 is 1.16 bits per heavy atom. The highest BCUT2D eigenvalue weighted by Gasteiger charge is 2.54. The van der Waals surface area contributed by atoms with Gasteiger partial charge in [0.25, 0.3) is 5.91 Å². The highest BCUT2D eigenvalue weighted by Crippen LogP contribution is 2.48. The number of halogens is 3. The molecule has 2 N–H and O–H groups in total. The van der Waals surface area contributed by atoms with Crippen molar-refractivity contribution in [2.75, 3.05) is 18.4 Å². The molecule has 3 heterocycles. The van der Waals surface area contributed by atoms with Gasteiger partial charge in [-0.15, -0.1) is 11.3 Å². The van der Waals surface area contributed by atoms with Crippen molar-refractivity contribution < 1.29 is 22.8 Å². The number of likely N-dealkylation sites (tertiary alicyclic amines) is 1. The van der Waals surface area contributed by atoms with Crippen LogP contribution in [0.25, 0.3) is 10.2 Å². The molecular formula is C21H18F3N5O2S. The van der Waals surface area contributed by atoms with Gasteiger partial charge in [-0.2, -0.15) is 13.2 Å². The van der Waals surface area contributed by atoms with E-state index in [9.17, 15) is 22.8 Å². The summed E-state index contributed by atoms with van der Waals surface area (Å²) >= 11 is 1.46. The van der Waals surface area contributed by atoms with E-state index >= 15 is 0 Å². The summed E-state index contributed by atoms with van der Waals surface area (Å²) in [6.45, 7) is 1.18. The van der Waals surface area contributed by atoms with E-state index in [0.717, 1.165) is 22.3 Å². The summed E-state index contributed by atoms with van der Waals surface area (Å²) in [4.78, 5) is 35.8. The van der Waals surface area contributed by atoms with Crippen molar-refractivity contribution in [3.05, 3.63) is 53.3 Å². The number of hydrogen-bond acceptors (Lipinski definition) is 5. The van der Waals surface area contributed by atoms with Crippen molar-refractivity contribution in [1.29, 1.82) is 0 Å². The van der Waals surface area contributed by atoms with Crippen LogP contribution in [0.5, 0.6) is 0 Å². The monoisotopic (exact) mass is 461 g/mol. The molecule has 0 unspecified atom stereocenters. The van der Waals surface area contributed by atoms with Crippen molar-refractivity contribution >= 4 is 39.2 Å². The molecule has 1 aromatic carbocycles. The highest BCUT2D eigenvalue weighted by molar-refractivity contribution is 7.16. The van der Waals surface area contributed by atoms with Gasteiger partial charge in [0, 0.05) is 35.6 Å². The molecule has 1 saturated carbocycles. The number of amides is 3. The molecule has 1 aliphatic carbocycles. The average Bonchev–Trinajstić information content (AvgIpc) is 3.16. The Kier molecular flexibility index (Phi) is 4.81. The van der Waals surface area contributed by atoms with Gasteiger partial charge in [-0.25, -0.2) is 14.8 Å². The third-order valence-corrected chi connectivity index (χ3v) is 6.77. The molecule has 1 saturated heterocycles. The third-order valence-electron chi connectivity index (χ3n) is 5.95. The van der Waals surface area contributed by atoms with Gasteiger partial charge in [0.2, 0.25) is 0 Å². The second-order valence-electron chi connectivity index (χ2n) is 8.31. The number of alkyl halides is 3. The fraction of sp³-hybridized carbons (Fsp3) is 0.333. The first kappa shape index (κ1) is 20.7. The smallest absolute Gasteiger partial charge is 0.336 e. The van der Waals surface area contributed by atoms with Crippen LogP contribution in [-0.2, 0) is 6.18 Å². The van der Waals surface area contributed by atoms with E-state index in [4.69, 9.17) is 0 Å². The van der Waals surface area contributed by atoms with Crippen LogP contribution in [0.3, 0.4) is 0 Å². The molecule has 3 aromatic rings. The standard InChI is InChI=1S/C21H18F3N5O2S/c22-21(23,24)12-2-1-3-13(6-12)27-19(31)28-14-7-20(8-14)9-29(10-20)18(30)16-15-4-5-32-17(15)26-11-25-16/h1-6,11,14H,7-10H2,(H2,27,28,31). The maximum Gasteiger partial charge on any atom is 0.416 e. The van der Waals surface area contributed by atoms with Gasteiger partial charge < -0.3 is 15.5 Å². The van der Waals surface area contributed by atoms with Crippen molar-refractivity contribution in [3.63, 3.8) is 0 Å². The van der Waals surface area contributed by atoms with Crippen molar-refractivity contribution in [1.82, 2.24) is 20.2 Å². The number of carbonyl (C=O) groups excluding carboxylic acids is 2. The number of rotatable bonds is 3. The fourth-order valence-electron chi connectivity index (χ4n) is 4.49. The molecule has 32 heavy (non-hydrogen) atoms. The van der Waals surface area contributed by atoms with E-state index in [1.165, 1.54) is 29.8 Å². The van der Waals surface area contributed by atoms with Gasteiger partial charge in [0.15, 0.2) is 0 Å². The van der Waals surface area contributed by atoms with Crippen LogP contribution in [-0.4, -0.2) is 45.9 Å². The van der Waals surface area contributed by atoms with Gasteiger partial charge in [-0.05, 0) is 42.5 Å². The van der Waals surface area contributed by atoms with Gasteiger partial charge in [-0.1, -0.05) is 6.07 Å². The fourth-order valence-corrected chi connectivity index (χ4v) is 5.22. The molecule has 166 valence electrons. The quantitative estimate of drug-likeness (QED) is 0.614. The van der Waals surface area contributed by atoms with Crippen LogP contribution in [0.2, 0.25) is 0 Å². The van der Waals surface area contributed by atoms with Crippen molar-refractivity contribution in [2.45, 2.75) is 25.1 Å². The predicted octanol–water partition coefficient (Wildman–Crippen LogP) is 4.14. The molecule has 0 bridgehead atoms. The van der Waals surface area contributed by atoms with Crippen LogP contribution in [0.4, 0.5) is 23.7 Å². The second kappa shape index (κ2) is 7.44. The molecule has 7 nitrogen and oxygen atoms in total. The molecule has 1 aliphatic heterocycles. The third kappa shape index (κ3) is 3.77. The minimum Gasteiger partial charge on any atom is -0.336 e. The average molecular weight is 461 g/mol. The number of anilines is 1. The number of hydrogen-bond donors (Lipinski definition) is 2.